The van der Waals surface area contributed by atoms with Crippen LogP contribution in [0.1, 0.15) is 12.8 Å². The summed E-state index contributed by atoms with van der Waals surface area (Å²) in [7, 11) is 1.68. The van der Waals surface area contributed by atoms with Crippen LogP contribution in [-0.4, -0.2) is 74.4 Å². The van der Waals surface area contributed by atoms with Gasteiger partial charge >= 0.3 is 0 Å². The lowest BCUT2D eigenvalue weighted by Gasteiger charge is -2.35. The van der Waals surface area contributed by atoms with Crippen LogP contribution in [0, 0.1) is 0 Å². The third-order valence-corrected chi connectivity index (χ3v) is 7.38. The number of ether oxygens (including phenoxy) is 2. The number of anilines is 2. The van der Waals surface area contributed by atoms with Gasteiger partial charge in [0.2, 0.25) is 11.0 Å². The van der Waals surface area contributed by atoms with Gasteiger partial charge in [-0.2, -0.15) is 0 Å². The van der Waals surface area contributed by atoms with E-state index in [-0.39, 0.29) is 12.0 Å². The van der Waals surface area contributed by atoms with Crippen LogP contribution in [0.5, 0.6) is 5.75 Å². The van der Waals surface area contributed by atoms with Gasteiger partial charge in [0.1, 0.15) is 5.75 Å². The van der Waals surface area contributed by atoms with E-state index >= 15 is 0 Å². The van der Waals surface area contributed by atoms with E-state index in [2.05, 4.69) is 37.4 Å². The molecular weight excluding hydrogens is 422 g/mol. The number of carbonyl (C=O) groups excluding carboxylic acids is 1. The van der Waals surface area contributed by atoms with Crippen LogP contribution in [0.4, 0.5) is 10.8 Å². The van der Waals surface area contributed by atoms with Gasteiger partial charge in [-0.25, -0.2) is 0 Å². The Morgan fingerprint density at radius 2 is 2.00 bits per heavy atom. The van der Waals surface area contributed by atoms with Gasteiger partial charge in [-0.15, -0.1) is 10.2 Å². The van der Waals surface area contributed by atoms with Crippen LogP contribution in [-0.2, 0) is 9.53 Å². The van der Waals surface area contributed by atoms with Crippen molar-refractivity contribution in [1.29, 1.82) is 0 Å². The van der Waals surface area contributed by atoms with Crippen molar-refractivity contribution in [2.75, 3.05) is 62.0 Å². The first-order chi connectivity index (χ1) is 14.7. The van der Waals surface area contributed by atoms with E-state index in [0.29, 0.717) is 12.3 Å². The lowest BCUT2D eigenvalue weighted by atomic mass is 10.2. The first-order valence-corrected chi connectivity index (χ1v) is 12.0. The van der Waals surface area contributed by atoms with E-state index in [0.717, 1.165) is 60.8 Å². The number of methoxy groups -OCH3 is 1. The number of rotatable bonds is 8. The molecule has 1 atom stereocenters. The average molecular weight is 450 g/mol. The van der Waals surface area contributed by atoms with E-state index < -0.39 is 0 Å². The Kier molecular flexibility index (Phi) is 7.29. The number of benzene rings is 1. The second-order valence-corrected chi connectivity index (χ2v) is 9.43. The van der Waals surface area contributed by atoms with E-state index in [9.17, 15) is 4.79 Å². The number of nitrogens with one attached hydrogen (secondary N) is 1. The summed E-state index contributed by atoms with van der Waals surface area (Å²) in [5, 5.41) is 12.5. The topological polar surface area (TPSA) is 79.8 Å². The lowest BCUT2D eigenvalue weighted by Crippen LogP contribution is -2.46. The van der Waals surface area contributed by atoms with Gasteiger partial charge in [-0.05, 0) is 37.1 Å². The fraction of sp³-hybridized carbons (Fsp3) is 0.550. The fourth-order valence-electron chi connectivity index (χ4n) is 3.55. The summed E-state index contributed by atoms with van der Waals surface area (Å²) >= 11 is 2.99. The molecular formula is C20H27N5O3S2. The number of hydrogen-bond acceptors (Lipinski definition) is 9. The molecule has 2 aliphatic heterocycles. The summed E-state index contributed by atoms with van der Waals surface area (Å²) in [4.78, 5) is 16.7. The molecule has 0 bridgehead atoms. The van der Waals surface area contributed by atoms with Gasteiger partial charge in [-0.1, -0.05) is 23.1 Å². The highest BCUT2D eigenvalue weighted by atomic mass is 32.2. The molecule has 1 aromatic heterocycles. The normalized spacial score (nSPS) is 19.2. The highest BCUT2D eigenvalue weighted by Gasteiger charge is 2.21. The second kappa shape index (κ2) is 10.3. The number of thioether (sulfide) groups is 1. The van der Waals surface area contributed by atoms with Gasteiger partial charge < -0.3 is 24.6 Å². The fourth-order valence-corrected chi connectivity index (χ4v) is 5.27. The molecule has 10 heteroatoms. The maximum absolute atomic E-state index is 12.0. The average Bonchev–Trinajstić information content (AvgIpc) is 3.49. The van der Waals surface area contributed by atoms with E-state index in [4.69, 9.17) is 9.47 Å². The standard InChI is InChI=1S/C20H27N5O3S2/c1-27-16-6-4-15(5-7-16)24-8-10-25(11-9-24)19-22-23-20(30-19)29-14-18(26)21-13-17-3-2-12-28-17/h4-7,17H,2-3,8-14H2,1H3,(H,21,26)/t17-/m1/s1. The molecule has 0 spiro atoms. The molecule has 0 saturated carbocycles. The monoisotopic (exact) mass is 449 g/mol. The van der Waals surface area contributed by atoms with Crippen LogP contribution < -0.4 is 19.9 Å². The molecule has 0 radical (unpaired) electrons. The first-order valence-electron chi connectivity index (χ1n) is 10.2. The number of piperazine rings is 1. The Balaban J connectivity index is 1.21. The summed E-state index contributed by atoms with van der Waals surface area (Å²) in [6.45, 7) is 5.05. The van der Waals surface area contributed by atoms with Crippen LogP contribution in [0.3, 0.4) is 0 Å². The van der Waals surface area contributed by atoms with Crippen LogP contribution in [0.2, 0.25) is 0 Å². The van der Waals surface area contributed by atoms with Crippen molar-refractivity contribution in [3.8, 4) is 5.75 Å². The Labute approximate surface area is 184 Å². The Hall–Kier alpha value is -2.04. The van der Waals surface area contributed by atoms with Crippen molar-refractivity contribution >= 4 is 39.8 Å². The summed E-state index contributed by atoms with van der Waals surface area (Å²) in [6.07, 6.45) is 2.28. The zero-order valence-corrected chi connectivity index (χ0v) is 18.7. The largest absolute Gasteiger partial charge is 0.497 e. The van der Waals surface area contributed by atoms with Gasteiger partial charge in [0, 0.05) is 45.0 Å². The molecule has 162 valence electrons. The molecule has 2 fully saturated rings. The summed E-state index contributed by atoms with van der Waals surface area (Å²) in [6, 6.07) is 8.18. The lowest BCUT2D eigenvalue weighted by molar-refractivity contribution is -0.119. The van der Waals surface area contributed by atoms with Crippen molar-refractivity contribution < 1.29 is 14.3 Å². The van der Waals surface area contributed by atoms with Crippen molar-refractivity contribution in [2.45, 2.75) is 23.3 Å². The van der Waals surface area contributed by atoms with E-state index in [1.165, 1.54) is 17.4 Å². The molecule has 1 aromatic carbocycles. The van der Waals surface area contributed by atoms with Crippen molar-refractivity contribution in [1.82, 2.24) is 15.5 Å². The van der Waals surface area contributed by atoms with E-state index in [1.807, 2.05) is 12.1 Å². The molecule has 30 heavy (non-hydrogen) atoms. The molecule has 2 aliphatic rings. The van der Waals surface area contributed by atoms with Gasteiger partial charge in [0.15, 0.2) is 4.34 Å². The van der Waals surface area contributed by atoms with Crippen molar-refractivity contribution in [3.63, 3.8) is 0 Å². The minimum absolute atomic E-state index is 0.0142. The first kappa shape index (κ1) is 21.2. The SMILES string of the molecule is COc1ccc(N2CCN(c3nnc(SCC(=O)NC[C@H]4CCCO4)s3)CC2)cc1. The molecule has 2 aromatic rings. The molecule has 0 aliphatic carbocycles. The zero-order chi connectivity index (χ0) is 20.8. The predicted molar refractivity (Wildman–Crippen MR) is 120 cm³/mol. The van der Waals surface area contributed by atoms with Crippen LogP contribution in [0.15, 0.2) is 28.6 Å². The second-order valence-electron chi connectivity index (χ2n) is 7.25. The van der Waals surface area contributed by atoms with Crippen molar-refractivity contribution in [2.24, 2.45) is 0 Å². The zero-order valence-electron chi connectivity index (χ0n) is 17.1. The smallest absolute Gasteiger partial charge is 0.230 e. The Morgan fingerprint density at radius 1 is 1.23 bits per heavy atom. The Bertz CT molecular complexity index is 818. The molecule has 1 amide bonds. The molecule has 2 saturated heterocycles. The molecule has 3 heterocycles. The number of hydrogen-bond donors (Lipinski definition) is 1. The maximum Gasteiger partial charge on any atom is 0.230 e. The third-order valence-electron chi connectivity index (χ3n) is 5.26. The Morgan fingerprint density at radius 3 is 2.70 bits per heavy atom. The van der Waals surface area contributed by atoms with Gasteiger partial charge in [0.05, 0.1) is 19.0 Å². The maximum atomic E-state index is 12.0. The minimum atomic E-state index is 0.0142. The molecule has 8 nitrogen and oxygen atoms in total. The highest BCUT2D eigenvalue weighted by Crippen LogP contribution is 2.29. The number of carbonyl (C=O) groups is 1. The van der Waals surface area contributed by atoms with Crippen molar-refractivity contribution in [3.05, 3.63) is 24.3 Å². The minimum Gasteiger partial charge on any atom is -0.497 e. The van der Waals surface area contributed by atoms with Crippen LogP contribution in [0.25, 0.3) is 0 Å². The van der Waals surface area contributed by atoms with E-state index in [1.54, 1.807) is 18.4 Å². The number of nitrogens with zero attached hydrogens (tertiary/aromatic N) is 4. The summed E-state index contributed by atoms with van der Waals surface area (Å²) < 4.78 is 11.6. The van der Waals surface area contributed by atoms with Gasteiger partial charge in [-0.3, -0.25) is 4.79 Å². The van der Waals surface area contributed by atoms with Gasteiger partial charge in [0.25, 0.3) is 0 Å². The molecule has 4 rings (SSSR count). The number of aromatic nitrogens is 2. The van der Waals surface area contributed by atoms with Crippen LogP contribution >= 0.6 is 23.1 Å². The number of amides is 1. The predicted octanol–water partition coefficient (Wildman–Crippen LogP) is 2.26. The quantitative estimate of drug-likeness (QED) is 0.615. The highest BCUT2D eigenvalue weighted by molar-refractivity contribution is 8.01. The molecule has 1 N–H and O–H groups in total. The molecule has 0 unspecified atom stereocenters. The summed E-state index contributed by atoms with van der Waals surface area (Å²) in [5.41, 5.74) is 1.21. The third kappa shape index (κ3) is 5.55. The summed E-state index contributed by atoms with van der Waals surface area (Å²) in [5.74, 6) is 1.24.